The predicted octanol–water partition coefficient (Wildman–Crippen LogP) is 2.84. The smallest absolute Gasteiger partial charge is 0.147 e. The van der Waals surface area contributed by atoms with Crippen LogP contribution >= 0.6 is 24.0 Å². The van der Waals surface area contributed by atoms with E-state index < -0.39 is 0 Å². The fraction of sp³-hybridized carbons (Fsp3) is 0.667. The molecule has 1 aliphatic heterocycles. The predicted molar refractivity (Wildman–Crippen MR) is 93.1 cm³/mol. The van der Waals surface area contributed by atoms with E-state index in [1.165, 1.54) is 12.8 Å². The van der Waals surface area contributed by atoms with Gasteiger partial charge in [0, 0.05) is 32.1 Å². The first-order valence-corrected chi connectivity index (χ1v) is 8.28. The zero-order valence-corrected chi connectivity index (χ0v) is 15.4. The number of rotatable bonds is 5. The molecule has 2 aromatic rings. The molecule has 23 heavy (non-hydrogen) atoms. The molecule has 2 aromatic heterocycles. The van der Waals surface area contributed by atoms with Crippen molar-refractivity contribution in [1.29, 1.82) is 0 Å². The number of nitrogens with one attached hydrogen (secondary N) is 1. The second-order valence-electron chi connectivity index (χ2n) is 6.18. The Morgan fingerprint density at radius 1 is 1.22 bits per heavy atom. The highest BCUT2D eigenvalue weighted by Gasteiger charge is 2.18. The van der Waals surface area contributed by atoms with E-state index in [1.54, 1.807) is 4.68 Å². The van der Waals surface area contributed by atoms with Gasteiger partial charge in [-0.3, -0.25) is 4.68 Å². The molecule has 0 aliphatic carbocycles. The molecule has 0 radical (unpaired) electrons. The van der Waals surface area contributed by atoms with Crippen LogP contribution in [0.4, 0.5) is 0 Å². The van der Waals surface area contributed by atoms with Crippen LogP contribution in [0.3, 0.4) is 0 Å². The lowest BCUT2D eigenvalue weighted by atomic mass is 10.1. The van der Waals surface area contributed by atoms with Crippen molar-refractivity contribution >= 4 is 24.0 Å². The summed E-state index contributed by atoms with van der Waals surface area (Å²) in [6, 6.07) is 0. The minimum Gasteiger partial charge on any atom is -0.314 e. The third kappa shape index (κ3) is 3.70. The van der Waals surface area contributed by atoms with Crippen LogP contribution in [0.15, 0.2) is 0 Å². The number of halogens is 2. The van der Waals surface area contributed by atoms with Gasteiger partial charge in [-0.1, -0.05) is 25.4 Å². The van der Waals surface area contributed by atoms with Gasteiger partial charge in [0.1, 0.15) is 16.8 Å². The molecule has 0 unspecified atom stereocenters. The molecule has 0 fully saturated rings. The molecule has 1 aliphatic rings. The van der Waals surface area contributed by atoms with E-state index in [0.29, 0.717) is 24.2 Å². The molecule has 0 saturated heterocycles. The first-order valence-electron chi connectivity index (χ1n) is 7.91. The summed E-state index contributed by atoms with van der Waals surface area (Å²) >= 11 is 6.36. The van der Waals surface area contributed by atoms with E-state index in [1.807, 2.05) is 7.05 Å². The third-order valence-corrected chi connectivity index (χ3v) is 4.64. The molecule has 3 rings (SSSR count). The van der Waals surface area contributed by atoms with Gasteiger partial charge in [-0.2, -0.15) is 5.10 Å². The zero-order chi connectivity index (χ0) is 15.7. The lowest BCUT2D eigenvalue weighted by Crippen LogP contribution is -2.20. The normalized spacial score (nSPS) is 14.0. The van der Waals surface area contributed by atoms with Crippen LogP contribution in [0.2, 0.25) is 5.15 Å². The molecule has 0 saturated carbocycles. The second-order valence-corrected chi connectivity index (χ2v) is 6.54. The van der Waals surface area contributed by atoms with E-state index in [2.05, 4.69) is 39.0 Å². The number of aryl methyl sites for hydroxylation is 2. The molecule has 0 aromatic carbocycles. The lowest BCUT2D eigenvalue weighted by molar-refractivity contribution is 0.497. The Hall–Kier alpha value is -1.11. The molecule has 8 heteroatoms. The molecule has 0 spiro atoms. The SMILES string of the molecule is CC(C)c1nn(C)c(Cl)c1CNCc1nnc2n1CCCC2.Cl. The van der Waals surface area contributed by atoms with Gasteiger partial charge in [-0.25, -0.2) is 0 Å². The van der Waals surface area contributed by atoms with Crippen molar-refractivity contribution in [2.45, 2.75) is 58.7 Å². The van der Waals surface area contributed by atoms with E-state index in [4.69, 9.17) is 11.6 Å². The van der Waals surface area contributed by atoms with E-state index in [9.17, 15) is 0 Å². The lowest BCUT2D eigenvalue weighted by Gasteiger charge is -2.15. The average Bonchev–Trinajstić information content (AvgIpc) is 3.03. The summed E-state index contributed by atoms with van der Waals surface area (Å²) in [5.74, 6) is 2.49. The maximum absolute atomic E-state index is 6.36. The molecule has 0 bridgehead atoms. The molecule has 1 N–H and O–H groups in total. The Bertz CT molecular complexity index is 661. The van der Waals surface area contributed by atoms with Crippen molar-refractivity contribution in [2.75, 3.05) is 0 Å². The Morgan fingerprint density at radius 2 is 2.00 bits per heavy atom. The van der Waals surface area contributed by atoms with E-state index in [-0.39, 0.29) is 12.4 Å². The fourth-order valence-corrected chi connectivity index (χ4v) is 3.19. The van der Waals surface area contributed by atoms with Crippen molar-refractivity contribution in [3.63, 3.8) is 0 Å². The van der Waals surface area contributed by atoms with Gasteiger partial charge < -0.3 is 9.88 Å². The van der Waals surface area contributed by atoms with Crippen LogP contribution < -0.4 is 5.32 Å². The first kappa shape index (κ1) is 18.2. The van der Waals surface area contributed by atoms with Crippen molar-refractivity contribution in [2.24, 2.45) is 7.05 Å². The molecule has 0 atom stereocenters. The maximum Gasteiger partial charge on any atom is 0.147 e. The zero-order valence-electron chi connectivity index (χ0n) is 13.8. The summed E-state index contributed by atoms with van der Waals surface area (Å²) in [6.07, 6.45) is 3.47. The summed E-state index contributed by atoms with van der Waals surface area (Å²) in [6.45, 7) is 6.70. The van der Waals surface area contributed by atoms with Crippen LogP contribution in [0.5, 0.6) is 0 Å². The van der Waals surface area contributed by atoms with Gasteiger partial charge in [0.25, 0.3) is 0 Å². The van der Waals surface area contributed by atoms with Crippen LogP contribution in [-0.2, 0) is 33.1 Å². The van der Waals surface area contributed by atoms with E-state index in [0.717, 1.165) is 35.9 Å². The molecule has 0 amide bonds. The Kier molecular flexibility index (Phi) is 6.06. The highest BCUT2D eigenvalue weighted by Crippen LogP contribution is 2.25. The van der Waals surface area contributed by atoms with Gasteiger partial charge in [0.15, 0.2) is 0 Å². The summed E-state index contributed by atoms with van der Waals surface area (Å²) in [4.78, 5) is 0. The molecule has 3 heterocycles. The summed E-state index contributed by atoms with van der Waals surface area (Å²) in [5, 5.41) is 17.2. The number of hydrogen-bond acceptors (Lipinski definition) is 4. The van der Waals surface area contributed by atoms with Crippen LogP contribution in [0, 0.1) is 0 Å². The maximum atomic E-state index is 6.36. The number of aromatic nitrogens is 5. The van der Waals surface area contributed by atoms with Gasteiger partial charge in [-0.15, -0.1) is 22.6 Å². The monoisotopic (exact) mass is 358 g/mol. The average molecular weight is 359 g/mol. The minimum atomic E-state index is 0. The Labute approximate surface area is 148 Å². The number of fused-ring (bicyclic) bond motifs is 1. The highest BCUT2D eigenvalue weighted by atomic mass is 35.5. The topological polar surface area (TPSA) is 60.6 Å². The number of hydrogen-bond donors (Lipinski definition) is 1. The fourth-order valence-electron chi connectivity index (χ4n) is 2.99. The second kappa shape index (κ2) is 7.64. The van der Waals surface area contributed by atoms with Crippen LogP contribution in [-0.4, -0.2) is 24.5 Å². The van der Waals surface area contributed by atoms with E-state index >= 15 is 0 Å². The summed E-state index contributed by atoms with van der Waals surface area (Å²) < 4.78 is 3.98. The Morgan fingerprint density at radius 3 is 2.74 bits per heavy atom. The van der Waals surface area contributed by atoms with Gasteiger partial charge in [-0.05, 0) is 18.8 Å². The summed E-state index contributed by atoms with van der Waals surface area (Å²) in [5.41, 5.74) is 2.14. The van der Waals surface area contributed by atoms with Gasteiger partial charge in [0.05, 0.1) is 12.2 Å². The molecular formula is C15H24Cl2N6. The Balaban J connectivity index is 0.00000192. The van der Waals surface area contributed by atoms with Crippen molar-refractivity contribution < 1.29 is 0 Å². The van der Waals surface area contributed by atoms with Gasteiger partial charge in [0.2, 0.25) is 0 Å². The van der Waals surface area contributed by atoms with Crippen LogP contribution in [0.1, 0.15) is 55.5 Å². The highest BCUT2D eigenvalue weighted by molar-refractivity contribution is 6.30. The quantitative estimate of drug-likeness (QED) is 0.892. The van der Waals surface area contributed by atoms with Crippen LogP contribution in [0.25, 0.3) is 0 Å². The minimum absolute atomic E-state index is 0. The first-order chi connectivity index (χ1) is 10.6. The summed E-state index contributed by atoms with van der Waals surface area (Å²) in [7, 11) is 1.88. The molecular weight excluding hydrogens is 335 g/mol. The number of nitrogens with zero attached hydrogens (tertiary/aromatic N) is 5. The van der Waals surface area contributed by atoms with Gasteiger partial charge >= 0.3 is 0 Å². The largest absolute Gasteiger partial charge is 0.314 e. The molecule has 6 nitrogen and oxygen atoms in total. The molecule has 128 valence electrons. The van der Waals surface area contributed by atoms with Crippen molar-refractivity contribution in [3.8, 4) is 0 Å². The van der Waals surface area contributed by atoms with Crippen molar-refractivity contribution in [3.05, 3.63) is 28.1 Å². The standard InChI is InChI=1S/C15H23ClN6.ClH/c1-10(2)14-11(15(16)21(3)20-14)8-17-9-13-19-18-12-6-4-5-7-22(12)13;/h10,17H,4-9H2,1-3H3;1H. The van der Waals surface area contributed by atoms with Crippen molar-refractivity contribution in [1.82, 2.24) is 29.9 Å². The third-order valence-electron chi connectivity index (χ3n) is 4.17.